The van der Waals surface area contributed by atoms with E-state index in [0.717, 1.165) is 23.2 Å². The maximum atomic E-state index is 10.2. The first-order valence-corrected chi connectivity index (χ1v) is 8.03. The molecular weight excluding hydrogens is 293 g/mol. The van der Waals surface area contributed by atoms with Gasteiger partial charge in [0.05, 0.1) is 17.8 Å². The Bertz CT molecular complexity index is 544. The Morgan fingerprint density at radius 2 is 1.87 bits per heavy atom. The van der Waals surface area contributed by atoms with Crippen molar-refractivity contribution in [1.29, 1.82) is 0 Å². The molecule has 0 aliphatic carbocycles. The van der Waals surface area contributed by atoms with E-state index in [1.807, 2.05) is 52.8 Å². The molecule has 1 aromatic carbocycles. The molecule has 0 saturated carbocycles. The maximum Gasteiger partial charge on any atom is 0.494 e. The van der Waals surface area contributed by atoms with Crippen LogP contribution in [-0.2, 0) is 14.1 Å². The van der Waals surface area contributed by atoms with Gasteiger partial charge in [-0.1, -0.05) is 12.1 Å². The van der Waals surface area contributed by atoms with Gasteiger partial charge >= 0.3 is 7.12 Å². The summed E-state index contributed by atoms with van der Waals surface area (Å²) in [5.41, 5.74) is 1.36. The molecule has 2 rings (SSSR count). The van der Waals surface area contributed by atoms with Gasteiger partial charge in [0, 0.05) is 6.54 Å². The van der Waals surface area contributed by atoms with Crippen LogP contribution in [-0.4, -0.2) is 37.9 Å². The lowest BCUT2D eigenvalue weighted by molar-refractivity contribution is -0.109. The molecule has 0 aromatic heterocycles. The third kappa shape index (κ3) is 4.06. The molecule has 1 saturated heterocycles. The lowest BCUT2D eigenvalue weighted by atomic mass is 9.78. The van der Waals surface area contributed by atoms with Gasteiger partial charge in [0.1, 0.15) is 5.75 Å². The smallest absolute Gasteiger partial charge is 0.493 e. The van der Waals surface area contributed by atoms with Crippen molar-refractivity contribution in [1.82, 2.24) is 5.32 Å². The van der Waals surface area contributed by atoms with Crippen LogP contribution in [0.5, 0.6) is 5.75 Å². The highest BCUT2D eigenvalue weighted by Crippen LogP contribution is 2.36. The highest BCUT2D eigenvalue weighted by molar-refractivity contribution is 6.62. The summed E-state index contributed by atoms with van der Waals surface area (Å²) < 4.78 is 17.9. The van der Waals surface area contributed by atoms with Crippen LogP contribution in [0, 0.1) is 6.92 Å². The zero-order valence-corrected chi connectivity index (χ0v) is 14.6. The van der Waals surface area contributed by atoms with Crippen LogP contribution >= 0.6 is 0 Å². The Balaban J connectivity index is 1.98. The second-order valence-corrected chi connectivity index (χ2v) is 6.89. The van der Waals surface area contributed by atoms with Crippen LogP contribution in [0.2, 0.25) is 0 Å². The first-order chi connectivity index (χ1) is 10.8. The minimum absolute atomic E-state index is 0.341. The molecule has 6 heteroatoms. The molecule has 0 spiro atoms. The van der Waals surface area contributed by atoms with Crippen molar-refractivity contribution in [3.8, 4) is 5.75 Å². The number of nitrogens with one attached hydrogen (secondary N) is 1. The van der Waals surface area contributed by atoms with Gasteiger partial charge in [-0.05, 0) is 58.1 Å². The van der Waals surface area contributed by atoms with E-state index in [-0.39, 0.29) is 18.3 Å². The van der Waals surface area contributed by atoms with E-state index in [1.165, 1.54) is 0 Å². The van der Waals surface area contributed by atoms with E-state index < -0.39 is 0 Å². The van der Waals surface area contributed by atoms with E-state index in [2.05, 4.69) is 5.32 Å². The number of aryl methyl sites for hydroxylation is 1. The third-order valence-corrected chi connectivity index (χ3v) is 4.53. The van der Waals surface area contributed by atoms with Crippen LogP contribution in [0.25, 0.3) is 0 Å². The zero-order valence-electron chi connectivity index (χ0n) is 14.6. The fourth-order valence-electron chi connectivity index (χ4n) is 2.38. The second kappa shape index (κ2) is 6.93. The van der Waals surface area contributed by atoms with Crippen LogP contribution in [0.3, 0.4) is 0 Å². The van der Waals surface area contributed by atoms with Crippen LogP contribution in [0.15, 0.2) is 18.2 Å². The fourth-order valence-corrected chi connectivity index (χ4v) is 2.38. The zero-order chi connectivity index (χ0) is 17.1. The number of amides is 1. The molecule has 0 radical (unpaired) electrons. The van der Waals surface area contributed by atoms with Crippen LogP contribution < -0.4 is 15.5 Å². The summed E-state index contributed by atoms with van der Waals surface area (Å²) in [5, 5.41) is 2.62. The molecule has 1 N–H and O–H groups in total. The fraction of sp³-hybridized carbons (Fsp3) is 0.588. The van der Waals surface area contributed by atoms with Crippen LogP contribution in [0.4, 0.5) is 0 Å². The first kappa shape index (κ1) is 17.8. The highest BCUT2D eigenvalue weighted by atomic mass is 16.7. The predicted octanol–water partition coefficient (Wildman–Crippen LogP) is 1.81. The summed E-state index contributed by atoms with van der Waals surface area (Å²) in [7, 11) is -0.357. The Morgan fingerprint density at radius 3 is 2.43 bits per heavy atom. The van der Waals surface area contributed by atoms with Gasteiger partial charge in [-0.2, -0.15) is 0 Å². The summed E-state index contributed by atoms with van der Waals surface area (Å²) in [6.45, 7) is 11.4. The molecule has 1 aromatic rings. The molecule has 5 nitrogen and oxygen atoms in total. The number of carbonyl (C=O) groups excluding carboxylic acids is 1. The van der Waals surface area contributed by atoms with Crippen molar-refractivity contribution in [2.24, 2.45) is 0 Å². The molecule has 0 atom stereocenters. The summed E-state index contributed by atoms with van der Waals surface area (Å²) in [5.74, 6) is 0.844. The predicted molar refractivity (Wildman–Crippen MR) is 91.1 cm³/mol. The number of benzene rings is 1. The number of hydrogen-bond acceptors (Lipinski definition) is 4. The van der Waals surface area contributed by atoms with Crippen LogP contribution in [0.1, 0.15) is 39.7 Å². The molecular formula is C17H26BNO4. The van der Waals surface area contributed by atoms with Gasteiger partial charge in [0.2, 0.25) is 6.41 Å². The quantitative estimate of drug-likeness (QED) is 0.473. The summed E-state index contributed by atoms with van der Waals surface area (Å²) >= 11 is 0. The minimum Gasteiger partial charge on any atom is -0.493 e. The van der Waals surface area contributed by atoms with Crippen molar-refractivity contribution in [2.45, 2.75) is 52.2 Å². The molecule has 1 amide bonds. The Hall–Kier alpha value is -1.53. The molecule has 1 heterocycles. The molecule has 23 heavy (non-hydrogen) atoms. The normalized spacial score (nSPS) is 18.7. The maximum absolute atomic E-state index is 10.2. The first-order valence-electron chi connectivity index (χ1n) is 8.03. The summed E-state index contributed by atoms with van der Waals surface area (Å²) in [6.07, 6.45) is 1.47. The lowest BCUT2D eigenvalue weighted by Crippen LogP contribution is -2.41. The molecule has 1 aliphatic heterocycles. The average molecular weight is 319 g/mol. The molecule has 0 unspecified atom stereocenters. The Kier molecular flexibility index (Phi) is 5.37. The van der Waals surface area contributed by atoms with Gasteiger partial charge in [0.25, 0.3) is 0 Å². The van der Waals surface area contributed by atoms with E-state index in [9.17, 15) is 4.79 Å². The van der Waals surface area contributed by atoms with Gasteiger partial charge in [-0.25, -0.2) is 0 Å². The van der Waals surface area contributed by atoms with E-state index in [4.69, 9.17) is 14.0 Å². The van der Waals surface area contributed by atoms with Gasteiger partial charge in [0.15, 0.2) is 0 Å². The summed E-state index contributed by atoms with van der Waals surface area (Å²) in [4.78, 5) is 10.2. The SMILES string of the molecule is Cc1cc(B2OC(C)(C)C(C)(C)O2)ccc1OCCCNC=O. The molecule has 1 aliphatic rings. The average Bonchev–Trinajstić information content (AvgIpc) is 2.68. The van der Waals surface area contributed by atoms with Crippen molar-refractivity contribution in [3.63, 3.8) is 0 Å². The second-order valence-electron chi connectivity index (χ2n) is 6.89. The van der Waals surface area contributed by atoms with Gasteiger partial charge in [-0.3, -0.25) is 4.79 Å². The Morgan fingerprint density at radius 1 is 1.22 bits per heavy atom. The van der Waals surface area contributed by atoms with Gasteiger partial charge < -0.3 is 19.4 Å². The molecule has 126 valence electrons. The van der Waals surface area contributed by atoms with E-state index >= 15 is 0 Å². The summed E-state index contributed by atoms with van der Waals surface area (Å²) in [6, 6.07) is 5.97. The van der Waals surface area contributed by atoms with Crippen molar-refractivity contribution >= 4 is 19.0 Å². The van der Waals surface area contributed by atoms with Crippen molar-refractivity contribution < 1.29 is 18.8 Å². The van der Waals surface area contributed by atoms with E-state index in [1.54, 1.807) is 0 Å². The number of rotatable bonds is 7. The minimum atomic E-state index is -0.357. The number of ether oxygens (including phenoxy) is 1. The monoisotopic (exact) mass is 319 g/mol. The van der Waals surface area contributed by atoms with E-state index in [0.29, 0.717) is 19.6 Å². The van der Waals surface area contributed by atoms with Crippen molar-refractivity contribution in [3.05, 3.63) is 23.8 Å². The lowest BCUT2D eigenvalue weighted by Gasteiger charge is -2.32. The largest absolute Gasteiger partial charge is 0.494 e. The van der Waals surface area contributed by atoms with Crippen molar-refractivity contribution in [2.75, 3.05) is 13.2 Å². The number of hydrogen-bond donors (Lipinski definition) is 1. The number of carbonyl (C=O) groups is 1. The molecule has 1 fully saturated rings. The highest BCUT2D eigenvalue weighted by Gasteiger charge is 2.51. The third-order valence-electron chi connectivity index (χ3n) is 4.53. The topological polar surface area (TPSA) is 56.8 Å². The van der Waals surface area contributed by atoms with Gasteiger partial charge in [-0.15, -0.1) is 0 Å². The standard InChI is InChI=1S/C17H26BNO4/c1-13-11-14(18-22-16(2,3)17(4,5)23-18)7-8-15(13)21-10-6-9-19-12-20/h7-8,11-12H,6,9-10H2,1-5H3,(H,19,20). The molecule has 0 bridgehead atoms. The Labute approximate surface area is 138 Å².